The van der Waals surface area contributed by atoms with Gasteiger partial charge in [-0.05, 0) is 24.8 Å². The highest BCUT2D eigenvalue weighted by Crippen LogP contribution is 2.50. The molecule has 1 aliphatic rings. The highest BCUT2D eigenvalue weighted by Gasteiger charge is 2.45. The molecule has 0 aromatic heterocycles. The maximum absolute atomic E-state index is 11.2. The van der Waals surface area contributed by atoms with E-state index in [4.69, 9.17) is 0 Å². The van der Waals surface area contributed by atoms with E-state index in [0.717, 1.165) is 13.1 Å². The van der Waals surface area contributed by atoms with Crippen LogP contribution in [0, 0.1) is 11.3 Å². The Hall–Kier alpha value is -0.570. The van der Waals surface area contributed by atoms with Crippen molar-refractivity contribution in [3.05, 3.63) is 0 Å². The quantitative estimate of drug-likeness (QED) is 0.662. The molecule has 0 heterocycles. The molecule has 1 unspecified atom stereocenters. The minimum absolute atomic E-state index is 0.164. The third-order valence-electron chi connectivity index (χ3n) is 2.87. The Kier molecular flexibility index (Phi) is 3.31. The monoisotopic (exact) mass is 184 g/mol. The summed E-state index contributed by atoms with van der Waals surface area (Å²) in [5.74, 6) is 0.864. The van der Waals surface area contributed by atoms with Crippen molar-refractivity contribution in [1.82, 2.24) is 10.6 Å². The second-order valence-corrected chi connectivity index (χ2v) is 4.55. The van der Waals surface area contributed by atoms with E-state index in [0.29, 0.717) is 17.8 Å². The van der Waals surface area contributed by atoms with Crippen LogP contribution in [0.4, 0.5) is 0 Å². The number of hydrogen-bond acceptors (Lipinski definition) is 2. The van der Waals surface area contributed by atoms with Crippen LogP contribution in [0.2, 0.25) is 0 Å². The van der Waals surface area contributed by atoms with Crippen molar-refractivity contribution in [2.45, 2.75) is 26.7 Å². The summed E-state index contributed by atoms with van der Waals surface area (Å²) in [4.78, 5) is 11.2. The molecule has 0 radical (unpaired) electrons. The van der Waals surface area contributed by atoms with Gasteiger partial charge in [0.1, 0.15) is 0 Å². The van der Waals surface area contributed by atoms with Crippen LogP contribution in [0.1, 0.15) is 26.7 Å². The Balaban J connectivity index is 2.03. The van der Waals surface area contributed by atoms with E-state index >= 15 is 0 Å². The lowest BCUT2D eigenvalue weighted by Crippen LogP contribution is -2.28. The maximum Gasteiger partial charge on any atom is 0.221 e. The first kappa shape index (κ1) is 10.5. The molecule has 1 rings (SSSR count). The van der Waals surface area contributed by atoms with Crippen LogP contribution in [0.15, 0.2) is 0 Å². The molecule has 0 spiro atoms. The van der Waals surface area contributed by atoms with E-state index in [-0.39, 0.29) is 5.91 Å². The lowest BCUT2D eigenvalue weighted by atomic mass is 10.1. The van der Waals surface area contributed by atoms with Crippen LogP contribution in [0.3, 0.4) is 0 Å². The van der Waals surface area contributed by atoms with Gasteiger partial charge >= 0.3 is 0 Å². The third kappa shape index (κ3) is 3.35. The van der Waals surface area contributed by atoms with Crippen LogP contribution in [-0.2, 0) is 4.79 Å². The van der Waals surface area contributed by atoms with Crippen molar-refractivity contribution in [2.75, 3.05) is 20.1 Å². The topological polar surface area (TPSA) is 41.1 Å². The molecule has 1 atom stereocenters. The molecule has 3 heteroatoms. The van der Waals surface area contributed by atoms with Gasteiger partial charge in [0.15, 0.2) is 0 Å². The van der Waals surface area contributed by atoms with E-state index in [1.165, 1.54) is 6.42 Å². The zero-order valence-electron chi connectivity index (χ0n) is 8.81. The van der Waals surface area contributed by atoms with Gasteiger partial charge in [0.05, 0.1) is 0 Å². The largest absolute Gasteiger partial charge is 0.356 e. The van der Waals surface area contributed by atoms with Crippen molar-refractivity contribution < 1.29 is 4.79 Å². The second kappa shape index (κ2) is 4.09. The molecule has 13 heavy (non-hydrogen) atoms. The molecule has 76 valence electrons. The van der Waals surface area contributed by atoms with Crippen molar-refractivity contribution in [3.63, 3.8) is 0 Å². The van der Waals surface area contributed by atoms with Crippen LogP contribution in [-0.4, -0.2) is 26.0 Å². The molecule has 0 aliphatic heterocycles. The molecular formula is C10H20N2O. The van der Waals surface area contributed by atoms with Gasteiger partial charge in [-0.25, -0.2) is 0 Å². The predicted octanol–water partition coefficient (Wildman–Crippen LogP) is 0.758. The summed E-state index contributed by atoms with van der Waals surface area (Å²) in [6.45, 7) is 6.12. The van der Waals surface area contributed by atoms with Gasteiger partial charge in [-0.3, -0.25) is 4.79 Å². The summed E-state index contributed by atoms with van der Waals surface area (Å²) in [5, 5.41) is 5.91. The van der Waals surface area contributed by atoms with Gasteiger partial charge in [0.25, 0.3) is 0 Å². The fraction of sp³-hybridized carbons (Fsp3) is 0.900. The van der Waals surface area contributed by atoms with Crippen molar-refractivity contribution in [1.29, 1.82) is 0 Å². The molecule has 2 N–H and O–H groups in total. The minimum atomic E-state index is 0.164. The lowest BCUT2D eigenvalue weighted by molar-refractivity contribution is -0.121. The van der Waals surface area contributed by atoms with Crippen LogP contribution >= 0.6 is 0 Å². The van der Waals surface area contributed by atoms with Crippen molar-refractivity contribution in [3.8, 4) is 0 Å². The molecule has 1 fully saturated rings. The summed E-state index contributed by atoms with van der Waals surface area (Å²) >= 11 is 0. The maximum atomic E-state index is 11.2. The smallest absolute Gasteiger partial charge is 0.221 e. The Bertz CT molecular complexity index is 189. The summed E-state index contributed by atoms with van der Waals surface area (Å²) < 4.78 is 0. The molecule has 1 amide bonds. The Morgan fingerprint density at radius 2 is 2.15 bits per heavy atom. The highest BCUT2D eigenvalue weighted by molar-refractivity contribution is 5.76. The SMILES string of the molecule is CNCCC(=O)NCC1CC1(C)C. The zero-order valence-corrected chi connectivity index (χ0v) is 8.81. The van der Waals surface area contributed by atoms with Gasteiger partial charge in [0, 0.05) is 19.5 Å². The van der Waals surface area contributed by atoms with Crippen LogP contribution in [0.25, 0.3) is 0 Å². The summed E-state index contributed by atoms with van der Waals surface area (Å²) in [6, 6.07) is 0. The third-order valence-corrected chi connectivity index (χ3v) is 2.87. The first-order valence-electron chi connectivity index (χ1n) is 4.97. The van der Waals surface area contributed by atoms with E-state index in [9.17, 15) is 4.79 Å². The molecule has 0 aromatic carbocycles. The molecule has 0 aromatic rings. The Morgan fingerprint density at radius 3 is 2.62 bits per heavy atom. The van der Waals surface area contributed by atoms with Crippen molar-refractivity contribution >= 4 is 5.91 Å². The first-order chi connectivity index (χ1) is 6.06. The van der Waals surface area contributed by atoms with Gasteiger partial charge in [-0.1, -0.05) is 13.8 Å². The number of rotatable bonds is 5. The molecule has 0 saturated heterocycles. The zero-order chi connectivity index (χ0) is 9.90. The molecule has 1 aliphatic carbocycles. The average molecular weight is 184 g/mol. The molecule has 0 bridgehead atoms. The number of carbonyl (C=O) groups is 1. The van der Waals surface area contributed by atoms with E-state index in [2.05, 4.69) is 24.5 Å². The first-order valence-corrected chi connectivity index (χ1v) is 4.97. The van der Waals surface area contributed by atoms with E-state index in [1.54, 1.807) is 0 Å². The van der Waals surface area contributed by atoms with Gasteiger partial charge in [0.2, 0.25) is 5.91 Å². The number of nitrogens with one attached hydrogen (secondary N) is 2. The fourth-order valence-electron chi connectivity index (χ4n) is 1.49. The summed E-state index contributed by atoms with van der Waals surface area (Å²) in [7, 11) is 1.86. The average Bonchev–Trinajstić information content (AvgIpc) is 2.67. The molecule has 3 nitrogen and oxygen atoms in total. The fourth-order valence-corrected chi connectivity index (χ4v) is 1.49. The lowest BCUT2D eigenvalue weighted by Gasteiger charge is -2.05. The van der Waals surface area contributed by atoms with Gasteiger partial charge in [-0.15, -0.1) is 0 Å². The predicted molar refractivity (Wildman–Crippen MR) is 53.4 cm³/mol. The van der Waals surface area contributed by atoms with Crippen LogP contribution in [0.5, 0.6) is 0 Å². The minimum Gasteiger partial charge on any atom is -0.356 e. The highest BCUT2D eigenvalue weighted by atomic mass is 16.1. The number of carbonyl (C=O) groups excluding carboxylic acids is 1. The van der Waals surface area contributed by atoms with E-state index < -0.39 is 0 Å². The number of amides is 1. The van der Waals surface area contributed by atoms with Crippen LogP contribution < -0.4 is 10.6 Å². The number of hydrogen-bond donors (Lipinski definition) is 2. The summed E-state index contributed by atoms with van der Waals surface area (Å²) in [6.07, 6.45) is 1.84. The van der Waals surface area contributed by atoms with Crippen molar-refractivity contribution in [2.24, 2.45) is 11.3 Å². The Labute approximate surface area is 80.3 Å². The Morgan fingerprint density at radius 1 is 1.54 bits per heavy atom. The van der Waals surface area contributed by atoms with Gasteiger partial charge in [-0.2, -0.15) is 0 Å². The standard InChI is InChI=1S/C10H20N2O/c1-10(2)6-8(10)7-12-9(13)4-5-11-3/h8,11H,4-7H2,1-3H3,(H,12,13). The normalized spacial score (nSPS) is 24.1. The second-order valence-electron chi connectivity index (χ2n) is 4.55. The van der Waals surface area contributed by atoms with E-state index in [1.807, 2.05) is 7.05 Å². The summed E-state index contributed by atoms with van der Waals surface area (Å²) in [5.41, 5.74) is 0.469. The van der Waals surface area contributed by atoms with Gasteiger partial charge < -0.3 is 10.6 Å². The molecule has 1 saturated carbocycles. The molecular weight excluding hydrogens is 164 g/mol.